The molecule has 5 nitrogen and oxygen atoms in total. The number of carbonyl (C=O) groups is 1. The van der Waals surface area contributed by atoms with E-state index in [1.54, 1.807) is 13.2 Å². The van der Waals surface area contributed by atoms with Gasteiger partial charge >= 0.3 is 0 Å². The van der Waals surface area contributed by atoms with Gasteiger partial charge in [0.05, 0.1) is 13.1 Å². The first-order valence-electron chi connectivity index (χ1n) is 6.15. The Hall–Kier alpha value is -2.58. The molecule has 20 heavy (non-hydrogen) atoms. The number of aryl methyl sites for hydroxylation is 1. The zero-order valence-corrected chi connectivity index (χ0v) is 11.1. The van der Waals surface area contributed by atoms with E-state index in [4.69, 9.17) is 10.8 Å². The molecule has 0 fully saturated rings. The Labute approximate surface area is 117 Å². The summed E-state index contributed by atoms with van der Waals surface area (Å²) in [4.78, 5) is 15.8. The summed E-state index contributed by atoms with van der Waals surface area (Å²) < 4.78 is 5.16. The number of carbonyl (C=O) groups excluding carboxylic acids is 1. The number of aromatic nitrogens is 1. The normalized spacial score (nSPS) is 10.0. The molecule has 0 aliphatic carbocycles. The fourth-order valence-electron chi connectivity index (χ4n) is 1.67. The molecule has 0 saturated heterocycles. The van der Waals surface area contributed by atoms with Gasteiger partial charge in [0.15, 0.2) is 5.89 Å². The van der Waals surface area contributed by atoms with Crippen molar-refractivity contribution in [3.63, 3.8) is 0 Å². The molecular weight excluding hydrogens is 254 g/mol. The lowest BCUT2D eigenvalue weighted by molar-refractivity contribution is -0.115. The molecule has 1 aromatic heterocycles. The monoisotopic (exact) mass is 269 g/mol. The van der Waals surface area contributed by atoms with Gasteiger partial charge in [-0.05, 0) is 12.1 Å². The highest BCUT2D eigenvalue weighted by Gasteiger charge is 2.05. The highest BCUT2D eigenvalue weighted by atomic mass is 16.3. The van der Waals surface area contributed by atoms with Crippen LogP contribution < -0.4 is 10.6 Å². The Morgan fingerprint density at radius 3 is 2.75 bits per heavy atom. The van der Waals surface area contributed by atoms with E-state index >= 15 is 0 Å². The van der Waals surface area contributed by atoms with Gasteiger partial charge < -0.3 is 9.73 Å². The van der Waals surface area contributed by atoms with Gasteiger partial charge in [-0.2, -0.15) is 0 Å². The Balaban J connectivity index is 1.95. The van der Waals surface area contributed by atoms with Crippen molar-refractivity contribution in [2.45, 2.75) is 6.92 Å². The van der Waals surface area contributed by atoms with Crippen molar-refractivity contribution in [2.24, 2.45) is 0 Å². The molecule has 0 bridgehead atoms. The Morgan fingerprint density at radius 2 is 2.15 bits per heavy atom. The molecule has 0 saturated carbocycles. The number of nitrogens with zero attached hydrogens (tertiary/aromatic N) is 1. The predicted molar refractivity (Wildman–Crippen MR) is 77.0 cm³/mol. The van der Waals surface area contributed by atoms with Crippen LogP contribution in [0.2, 0.25) is 0 Å². The van der Waals surface area contributed by atoms with E-state index in [0.29, 0.717) is 12.4 Å². The molecular formula is C15H15N3O2. The highest BCUT2D eigenvalue weighted by Crippen LogP contribution is 2.20. The largest absolute Gasteiger partial charge is 0.449 e. The van der Waals surface area contributed by atoms with Crippen LogP contribution in [0.5, 0.6) is 0 Å². The van der Waals surface area contributed by atoms with Crippen LogP contribution >= 0.6 is 0 Å². The van der Waals surface area contributed by atoms with Gasteiger partial charge in [-0.25, -0.2) is 4.98 Å². The summed E-state index contributed by atoms with van der Waals surface area (Å²) in [5, 5.41) is 5.60. The molecule has 0 atom stereocenters. The van der Waals surface area contributed by atoms with Gasteiger partial charge in [0.25, 0.3) is 0 Å². The zero-order chi connectivity index (χ0) is 14.4. The van der Waals surface area contributed by atoms with E-state index in [9.17, 15) is 4.79 Å². The SMILES string of the molecule is C#CCNCC(=O)Nc1ccc(-c2coc(C)n2)cc1. The van der Waals surface area contributed by atoms with Crippen molar-refractivity contribution in [2.75, 3.05) is 18.4 Å². The fraction of sp³-hybridized carbons (Fsp3) is 0.200. The number of oxazole rings is 1. The van der Waals surface area contributed by atoms with Crippen molar-refractivity contribution >= 4 is 11.6 Å². The number of amides is 1. The topological polar surface area (TPSA) is 67.2 Å². The average Bonchev–Trinajstić information content (AvgIpc) is 2.86. The lowest BCUT2D eigenvalue weighted by Gasteiger charge is -2.05. The highest BCUT2D eigenvalue weighted by molar-refractivity contribution is 5.92. The summed E-state index contributed by atoms with van der Waals surface area (Å²) >= 11 is 0. The number of hydrogen-bond acceptors (Lipinski definition) is 4. The van der Waals surface area contributed by atoms with E-state index in [1.807, 2.05) is 24.3 Å². The number of anilines is 1. The maximum absolute atomic E-state index is 11.6. The average molecular weight is 269 g/mol. The molecule has 2 aromatic rings. The first kappa shape index (κ1) is 13.8. The number of benzene rings is 1. The van der Waals surface area contributed by atoms with Crippen LogP contribution in [0.25, 0.3) is 11.3 Å². The van der Waals surface area contributed by atoms with Crippen molar-refractivity contribution in [3.8, 4) is 23.6 Å². The summed E-state index contributed by atoms with van der Waals surface area (Å²) in [6, 6.07) is 7.39. The molecule has 0 spiro atoms. The quantitative estimate of drug-likeness (QED) is 0.641. The Kier molecular flexibility index (Phi) is 4.53. The molecule has 5 heteroatoms. The maximum Gasteiger partial charge on any atom is 0.238 e. The molecule has 102 valence electrons. The zero-order valence-electron chi connectivity index (χ0n) is 11.1. The third-order valence-electron chi connectivity index (χ3n) is 2.60. The minimum absolute atomic E-state index is 0.134. The molecule has 0 aliphatic heterocycles. The van der Waals surface area contributed by atoms with Crippen molar-refractivity contribution < 1.29 is 9.21 Å². The fourth-order valence-corrected chi connectivity index (χ4v) is 1.67. The summed E-state index contributed by atoms with van der Waals surface area (Å²) in [6.45, 7) is 2.35. The van der Waals surface area contributed by atoms with Crippen LogP contribution in [0.15, 0.2) is 34.9 Å². The van der Waals surface area contributed by atoms with E-state index in [0.717, 1.165) is 16.9 Å². The maximum atomic E-state index is 11.6. The second-order valence-electron chi connectivity index (χ2n) is 4.18. The smallest absolute Gasteiger partial charge is 0.238 e. The molecule has 0 unspecified atom stereocenters. The Morgan fingerprint density at radius 1 is 1.40 bits per heavy atom. The number of terminal acetylenes is 1. The lowest BCUT2D eigenvalue weighted by atomic mass is 10.1. The molecule has 0 aliphatic rings. The molecule has 0 radical (unpaired) electrons. The second-order valence-corrected chi connectivity index (χ2v) is 4.18. The van der Waals surface area contributed by atoms with Crippen LogP contribution in [-0.4, -0.2) is 24.0 Å². The van der Waals surface area contributed by atoms with Gasteiger partial charge in [0, 0.05) is 18.2 Å². The van der Waals surface area contributed by atoms with Crippen LogP contribution in [-0.2, 0) is 4.79 Å². The van der Waals surface area contributed by atoms with Crippen LogP contribution in [0, 0.1) is 19.3 Å². The van der Waals surface area contributed by atoms with Crippen molar-refractivity contribution in [3.05, 3.63) is 36.4 Å². The van der Waals surface area contributed by atoms with E-state index in [1.165, 1.54) is 0 Å². The minimum Gasteiger partial charge on any atom is -0.449 e. The number of nitrogens with one attached hydrogen (secondary N) is 2. The second kappa shape index (κ2) is 6.55. The third-order valence-corrected chi connectivity index (χ3v) is 2.60. The summed E-state index contributed by atoms with van der Waals surface area (Å²) in [5.41, 5.74) is 2.43. The summed E-state index contributed by atoms with van der Waals surface area (Å²) in [5.74, 6) is 2.90. The van der Waals surface area contributed by atoms with Crippen molar-refractivity contribution in [1.82, 2.24) is 10.3 Å². The van der Waals surface area contributed by atoms with Crippen LogP contribution in [0.4, 0.5) is 5.69 Å². The number of rotatable bonds is 5. The first-order chi connectivity index (χ1) is 9.69. The molecule has 1 amide bonds. The van der Waals surface area contributed by atoms with Gasteiger partial charge in [0.2, 0.25) is 5.91 Å². The predicted octanol–water partition coefficient (Wildman–Crippen LogP) is 1.81. The Bertz CT molecular complexity index is 623. The first-order valence-corrected chi connectivity index (χ1v) is 6.15. The third kappa shape index (κ3) is 3.70. The van der Waals surface area contributed by atoms with E-state index < -0.39 is 0 Å². The van der Waals surface area contributed by atoms with E-state index in [-0.39, 0.29) is 12.5 Å². The van der Waals surface area contributed by atoms with Crippen LogP contribution in [0.1, 0.15) is 5.89 Å². The molecule has 2 N–H and O–H groups in total. The van der Waals surface area contributed by atoms with E-state index in [2.05, 4.69) is 21.5 Å². The van der Waals surface area contributed by atoms with Crippen molar-refractivity contribution in [1.29, 1.82) is 0 Å². The standard InChI is InChI=1S/C15H15N3O2/c1-3-8-16-9-15(19)18-13-6-4-12(5-7-13)14-10-20-11(2)17-14/h1,4-7,10,16H,8-9H2,2H3,(H,18,19). The lowest BCUT2D eigenvalue weighted by Crippen LogP contribution is -2.28. The number of hydrogen-bond donors (Lipinski definition) is 2. The summed E-state index contributed by atoms with van der Waals surface area (Å²) in [6.07, 6.45) is 6.69. The van der Waals surface area contributed by atoms with Gasteiger partial charge in [-0.1, -0.05) is 18.1 Å². The minimum atomic E-state index is -0.134. The van der Waals surface area contributed by atoms with Gasteiger partial charge in [-0.3, -0.25) is 10.1 Å². The van der Waals surface area contributed by atoms with Gasteiger partial charge in [0.1, 0.15) is 12.0 Å². The van der Waals surface area contributed by atoms with Crippen LogP contribution in [0.3, 0.4) is 0 Å². The summed E-state index contributed by atoms with van der Waals surface area (Å²) in [7, 11) is 0. The molecule has 2 rings (SSSR count). The molecule has 1 heterocycles. The molecule has 1 aromatic carbocycles. The van der Waals surface area contributed by atoms with Gasteiger partial charge in [-0.15, -0.1) is 6.42 Å².